The van der Waals surface area contributed by atoms with Gasteiger partial charge in [0.15, 0.2) is 6.29 Å². The molecule has 0 bridgehead atoms. The number of halogens is 1. The van der Waals surface area contributed by atoms with Crippen molar-refractivity contribution in [2.45, 2.75) is 33.7 Å². The summed E-state index contributed by atoms with van der Waals surface area (Å²) in [5.74, 6) is 0.647. The van der Waals surface area contributed by atoms with E-state index in [0.717, 1.165) is 33.5 Å². The minimum atomic E-state index is -0.882. The summed E-state index contributed by atoms with van der Waals surface area (Å²) in [6.45, 7) is 4.25. The minimum Gasteiger partial charge on any atom is -0.488 e. The average Bonchev–Trinajstić information content (AvgIpc) is 3.52. The van der Waals surface area contributed by atoms with Gasteiger partial charge in [0, 0.05) is 24.0 Å². The number of rotatable bonds is 11. The highest BCUT2D eigenvalue weighted by atomic mass is 35.5. The molecule has 0 aliphatic heterocycles. The van der Waals surface area contributed by atoms with Gasteiger partial charge in [-0.15, -0.1) is 5.10 Å². The molecule has 1 amide bonds. The lowest BCUT2D eigenvalue weighted by molar-refractivity contribution is 0.111. The smallest absolute Gasteiger partial charge is 0.404 e. The van der Waals surface area contributed by atoms with Crippen LogP contribution in [0.15, 0.2) is 73.2 Å². The minimum absolute atomic E-state index is 0.0710. The van der Waals surface area contributed by atoms with E-state index in [0.29, 0.717) is 34.6 Å². The maximum atomic E-state index is 11.7. The Hall–Kier alpha value is -5.73. The zero-order valence-electron chi connectivity index (χ0n) is 24.4. The fraction of sp³-hybridized carbons (Fsp3) is 0.152. The fourth-order valence-electron chi connectivity index (χ4n) is 4.74. The molecule has 5 aromatic rings. The monoisotopic (exact) mass is 622 g/mol. The van der Waals surface area contributed by atoms with Crippen LogP contribution in [0.1, 0.15) is 43.9 Å². The number of ether oxygens (including phenoxy) is 3. The molecule has 0 fully saturated rings. The fourth-order valence-corrected chi connectivity index (χ4v) is 4.97. The van der Waals surface area contributed by atoms with Crippen LogP contribution in [0.2, 0.25) is 5.02 Å². The van der Waals surface area contributed by atoms with E-state index in [9.17, 15) is 9.59 Å². The molecule has 0 aliphatic carbocycles. The Kier molecular flexibility index (Phi) is 9.36. The third-order valence-corrected chi connectivity index (χ3v) is 7.38. The van der Waals surface area contributed by atoms with Crippen molar-refractivity contribution < 1.29 is 23.8 Å². The number of pyridine rings is 1. The van der Waals surface area contributed by atoms with Gasteiger partial charge in [-0.3, -0.25) is 9.78 Å². The van der Waals surface area contributed by atoms with E-state index in [2.05, 4.69) is 15.3 Å². The van der Waals surface area contributed by atoms with E-state index in [1.807, 2.05) is 56.3 Å². The van der Waals surface area contributed by atoms with Gasteiger partial charge in [-0.25, -0.2) is 9.48 Å². The summed E-state index contributed by atoms with van der Waals surface area (Å²) >= 11 is 6.47. The molecule has 45 heavy (non-hydrogen) atoms. The number of carbonyl (C=O) groups excluding carboxylic acids is 2. The molecule has 2 aromatic heterocycles. The van der Waals surface area contributed by atoms with Crippen molar-refractivity contribution >= 4 is 24.0 Å². The highest BCUT2D eigenvalue weighted by Gasteiger charge is 2.16. The molecule has 0 unspecified atom stereocenters. The van der Waals surface area contributed by atoms with E-state index in [4.69, 9.17) is 36.8 Å². The van der Waals surface area contributed by atoms with Crippen LogP contribution in [0.25, 0.3) is 16.8 Å². The Bertz CT molecular complexity index is 1930. The van der Waals surface area contributed by atoms with Crippen molar-refractivity contribution in [3.63, 3.8) is 0 Å². The van der Waals surface area contributed by atoms with Gasteiger partial charge >= 0.3 is 6.09 Å². The molecule has 0 saturated carbocycles. The van der Waals surface area contributed by atoms with Gasteiger partial charge in [-0.1, -0.05) is 47.1 Å². The average molecular weight is 623 g/mol. The molecular weight excluding hydrogens is 596 g/mol. The molecule has 0 radical (unpaired) electrons. The van der Waals surface area contributed by atoms with E-state index in [-0.39, 0.29) is 30.4 Å². The van der Waals surface area contributed by atoms with Crippen molar-refractivity contribution in [3.8, 4) is 34.4 Å². The first-order valence-corrected chi connectivity index (χ1v) is 14.1. The number of aldehydes is 1. The third kappa shape index (κ3) is 7.09. The first-order valence-electron chi connectivity index (χ1n) is 13.7. The Morgan fingerprint density at radius 3 is 2.51 bits per heavy atom. The number of hydrogen-bond donors (Lipinski definition) is 1. The van der Waals surface area contributed by atoms with E-state index in [1.54, 1.807) is 29.2 Å². The first kappa shape index (κ1) is 30.7. The SMILES string of the molecule is Cc1c(COc2cc(OCc3cncc(C#N)c3)c(C=O)cc2Cl)cccc1-c1cccc(-n2cc(COC(N)=O)nn2)c1C. The highest BCUT2D eigenvalue weighted by molar-refractivity contribution is 6.32. The predicted octanol–water partition coefficient (Wildman–Crippen LogP) is 6.04. The number of benzene rings is 3. The number of amides is 1. The number of primary amides is 1. The van der Waals surface area contributed by atoms with Crippen LogP contribution >= 0.6 is 11.6 Å². The van der Waals surface area contributed by atoms with E-state index < -0.39 is 6.09 Å². The van der Waals surface area contributed by atoms with Gasteiger partial charge in [-0.2, -0.15) is 5.26 Å². The Morgan fingerprint density at radius 1 is 1.00 bits per heavy atom. The summed E-state index contributed by atoms with van der Waals surface area (Å²) in [6.07, 6.45) is 4.51. The predicted molar refractivity (Wildman–Crippen MR) is 165 cm³/mol. The molecule has 2 heterocycles. The number of nitrogens with two attached hydrogens (primary N) is 1. The second-order valence-electron chi connectivity index (χ2n) is 10.0. The van der Waals surface area contributed by atoms with Gasteiger partial charge in [0.2, 0.25) is 0 Å². The van der Waals surface area contributed by atoms with Gasteiger partial charge in [0.1, 0.15) is 43.1 Å². The maximum absolute atomic E-state index is 11.7. The zero-order valence-corrected chi connectivity index (χ0v) is 25.1. The molecule has 3 aromatic carbocycles. The van der Waals surface area contributed by atoms with Crippen molar-refractivity contribution in [1.82, 2.24) is 20.0 Å². The number of aromatic nitrogens is 4. The molecule has 12 heteroatoms. The Morgan fingerprint density at radius 2 is 1.76 bits per heavy atom. The second kappa shape index (κ2) is 13.7. The lowest BCUT2D eigenvalue weighted by atomic mass is 9.93. The van der Waals surface area contributed by atoms with Gasteiger partial charge in [-0.05, 0) is 59.9 Å². The molecule has 0 saturated heterocycles. The Balaban J connectivity index is 1.36. The van der Waals surface area contributed by atoms with Gasteiger partial charge < -0.3 is 19.9 Å². The summed E-state index contributed by atoms with van der Waals surface area (Å²) in [5, 5.41) is 17.6. The molecule has 0 aliphatic rings. The van der Waals surface area contributed by atoms with Crippen LogP contribution in [-0.2, 0) is 24.6 Å². The largest absolute Gasteiger partial charge is 0.488 e. The van der Waals surface area contributed by atoms with Crippen molar-refractivity contribution in [3.05, 3.63) is 117 Å². The van der Waals surface area contributed by atoms with Crippen LogP contribution in [-0.4, -0.2) is 32.4 Å². The molecule has 0 spiro atoms. The number of hydrogen-bond acceptors (Lipinski definition) is 9. The van der Waals surface area contributed by atoms with Crippen LogP contribution < -0.4 is 15.2 Å². The zero-order chi connectivity index (χ0) is 31.9. The number of carbonyl (C=O) groups is 2. The summed E-state index contributed by atoms with van der Waals surface area (Å²) in [5.41, 5.74) is 12.6. The maximum Gasteiger partial charge on any atom is 0.404 e. The van der Waals surface area contributed by atoms with Crippen molar-refractivity contribution in [2.75, 3.05) is 0 Å². The number of nitriles is 1. The third-order valence-electron chi connectivity index (χ3n) is 7.08. The lowest BCUT2D eigenvalue weighted by Gasteiger charge is -2.17. The summed E-state index contributed by atoms with van der Waals surface area (Å²) < 4.78 is 18.5. The van der Waals surface area contributed by atoms with E-state index >= 15 is 0 Å². The van der Waals surface area contributed by atoms with Crippen LogP contribution in [0, 0.1) is 25.2 Å². The van der Waals surface area contributed by atoms with Crippen molar-refractivity contribution in [2.24, 2.45) is 5.73 Å². The molecular formula is C33H27ClN6O5. The van der Waals surface area contributed by atoms with Crippen LogP contribution in [0.3, 0.4) is 0 Å². The first-order chi connectivity index (χ1) is 21.8. The van der Waals surface area contributed by atoms with Gasteiger partial charge in [0.05, 0.1) is 28.0 Å². The molecule has 5 rings (SSSR count). The van der Waals surface area contributed by atoms with Crippen molar-refractivity contribution in [1.29, 1.82) is 5.26 Å². The summed E-state index contributed by atoms with van der Waals surface area (Å²) in [7, 11) is 0. The Labute approximate surface area is 263 Å². The molecule has 11 nitrogen and oxygen atoms in total. The molecule has 0 atom stereocenters. The summed E-state index contributed by atoms with van der Waals surface area (Å²) in [6, 6.07) is 18.6. The lowest BCUT2D eigenvalue weighted by Crippen LogP contribution is -2.12. The highest BCUT2D eigenvalue weighted by Crippen LogP contribution is 2.35. The van der Waals surface area contributed by atoms with Gasteiger partial charge in [0.25, 0.3) is 0 Å². The topological polar surface area (TPSA) is 155 Å². The molecule has 226 valence electrons. The normalized spacial score (nSPS) is 10.6. The molecule has 2 N–H and O–H groups in total. The second-order valence-corrected chi connectivity index (χ2v) is 10.4. The number of nitrogens with zero attached hydrogens (tertiary/aromatic N) is 5. The van der Waals surface area contributed by atoms with Crippen LogP contribution in [0.4, 0.5) is 4.79 Å². The van der Waals surface area contributed by atoms with E-state index in [1.165, 1.54) is 12.3 Å². The summed E-state index contributed by atoms with van der Waals surface area (Å²) in [4.78, 5) is 26.7. The van der Waals surface area contributed by atoms with Crippen LogP contribution in [0.5, 0.6) is 11.5 Å². The standard InChI is InChI=1S/C33H27ClN6O5/c1-20-24(18-44-32-11-31(25(16-41)10-29(32)34)43-17-23-9-22(12-35)13-37-14-23)5-3-6-27(20)28-7-4-8-30(21(28)2)40-15-26(38-39-40)19-45-33(36)42/h3-11,13-16H,17-19H2,1-2H3,(H2,36,42). The quantitative estimate of drug-likeness (QED) is 0.174.